The number of hydrogen-bond donors (Lipinski definition) is 1. The van der Waals surface area contributed by atoms with E-state index in [0.29, 0.717) is 5.92 Å². The molecule has 0 aliphatic heterocycles. The Morgan fingerprint density at radius 2 is 1.47 bits per heavy atom. The minimum atomic E-state index is 0.488. The van der Waals surface area contributed by atoms with Gasteiger partial charge in [-0.05, 0) is 49.2 Å². The molecular formula is C17H20N2. The van der Waals surface area contributed by atoms with Gasteiger partial charge in [0.15, 0.2) is 0 Å². The third-order valence-corrected chi connectivity index (χ3v) is 3.07. The second-order valence-electron chi connectivity index (χ2n) is 4.95. The molecule has 0 atom stereocenters. The number of rotatable bonds is 4. The molecule has 0 bridgehead atoms. The van der Waals surface area contributed by atoms with Gasteiger partial charge in [-0.3, -0.25) is 4.99 Å². The summed E-state index contributed by atoms with van der Waals surface area (Å²) in [5.41, 5.74) is 4.33. The standard InChI is InChI=1S/C17H20N2/c1-13(2)14(3)18-16-9-11-17(12-10-16)19-15-7-5-4-6-8-15/h4-13,19H,1-3H3. The third-order valence-electron chi connectivity index (χ3n) is 3.07. The van der Waals surface area contributed by atoms with Crippen LogP contribution < -0.4 is 5.32 Å². The Labute approximate surface area is 115 Å². The molecule has 0 heterocycles. The molecule has 1 N–H and O–H groups in total. The molecule has 0 aliphatic rings. The topological polar surface area (TPSA) is 24.4 Å². The van der Waals surface area contributed by atoms with Crippen molar-refractivity contribution in [2.45, 2.75) is 20.8 Å². The van der Waals surface area contributed by atoms with E-state index < -0.39 is 0 Å². The molecule has 0 aliphatic carbocycles. The first kappa shape index (κ1) is 13.3. The van der Waals surface area contributed by atoms with Gasteiger partial charge >= 0.3 is 0 Å². The highest BCUT2D eigenvalue weighted by atomic mass is 14.9. The fourth-order valence-electron chi connectivity index (χ4n) is 1.64. The molecule has 19 heavy (non-hydrogen) atoms. The number of para-hydroxylation sites is 1. The number of aliphatic imine (C=N–C) groups is 1. The lowest BCUT2D eigenvalue weighted by molar-refractivity contribution is 0.879. The van der Waals surface area contributed by atoms with Gasteiger partial charge in [-0.1, -0.05) is 32.0 Å². The molecule has 0 spiro atoms. The Hall–Kier alpha value is -2.09. The predicted octanol–water partition coefficient (Wildman–Crippen LogP) is 5.18. The smallest absolute Gasteiger partial charge is 0.0630 e. The van der Waals surface area contributed by atoms with Crippen LogP contribution in [0.4, 0.5) is 17.1 Å². The molecule has 2 rings (SSSR count). The van der Waals surface area contributed by atoms with Crippen molar-refractivity contribution in [1.82, 2.24) is 0 Å². The number of benzene rings is 2. The Morgan fingerprint density at radius 1 is 0.895 bits per heavy atom. The average Bonchev–Trinajstić information content (AvgIpc) is 2.42. The Balaban J connectivity index is 2.09. The molecule has 0 aromatic heterocycles. The van der Waals surface area contributed by atoms with Gasteiger partial charge in [-0.25, -0.2) is 0 Å². The van der Waals surface area contributed by atoms with Crippen molar-refractivity contribution >= 4 is 22.8 Å². The number of nitrogens with zero attached hydrogens (tertiary/aromatic N) is 1. The van der Waals surface area contributed by atoms with Gasteiger partial charge in [-0.15, -0.1) is 0 Å². The average molecular weight is 252 g/mol. The fraction of sp³-hybridized carbons (Fsp3) is 0.235. The van der Waals surface area contributed by atoms with Gasteiger partial charge in [0.25, 0.3) is 0 Å². The summed E-state index contributed by atoms with van der Waals surface area (Å²) in [5.74, 6) is 0.488. The van der Waals surface area contributed by atoms with E-state index in [9.17, 15) is 0 Å². The number of hydrogen-bond acceptors (Lipinski definition) is 2. The zero-order chi connectivity index (χ0) is 13.7. The van der Waals surface area contributed by atoms with Gasteiger partial charge in [0.2, 0.25) is 0 Å². The molecule has 2 heteroatoms. The van der Waals surface area contributed by atoms with E-state index in [1.165, 1.54) is 0 Å². The van der Waals surface area contributed by atoms with Crippen molar-refractivity contribution < 1.29 is 0 Å². The second kappa shape index (κ2) is 6.19. The van der Waals surface area contributed by atoms with Crippen LogP contribution in [0.25, 0.3) is 0 Å². The predicted molar refractivity (Wildman–Crippen MR) is 83.8 cm³/mol. The van der Waals surface area contributed by atoms with Crippen LogP contribution in [0, 0.1) is 5.92 Å². The molecule has 0 saturated heterocycles. The first-order chi connectivity index (χ1) is 9.15. The van der Waals surface area contributed by atoms with E-state index in [1.807, 2.05) is 30.3 Å². The minimum Gasteiger partial charge on any atom is -0.356 e. The highest BCUT2D eigenvalue weighted by molar-refractivity contribution is 5.86. The van der Waals surface area contributed by atoms with E-state index in [-0.39, 0.29) is 0 Å². The molecule has 0 fully saturated rings. The van der Waals surface area contributed by atoms with E-state index in [1.54, 1.807) is 0 Å². The molecule has 2 aromatic carbocycles. The Bertz CT molecular complexity index is 539. The summed E-state index contributed by atoms with van der Waals surface area (Å²) in [5, 5.41) is 3.36. The van der Waals surface area contributed by atoms with E-state index in [4.69, 9.17) is 0 Å². The number of anilines is 2. The van der Waals surface area contributed by atoms with Crippen LogP contribution in [0.2, 0.25) is 0 Å². The van der Waals surface area contributed by atoms with Gasteiger partial charge in [-0.2, -0.15) is 0 Å². The molecule has 0 amide bonds. The van der Waals surface area contributed by atoms with Crippen molar-refractivity contribution in [2.24, 2.45) is 10.9 Å². The summed E-state index contributed by atoms with van der Waals surface area (Å²) >= 11 is 0. The maximum Gasteiger partial charge on any atom is 0.0630 e. The summed E-state index contributed by atoms with van der Waals surface area (Å²) in [4.78, 5) is 4.60. The highest BCUT2D eigenvalue weighted by Gasteiger charge is 1.99. The molecule has 0 radical (unpaired) electrons. The molecule has 0 saturated carbocycles. The van der Waals surface area contributed by atoms with Crippen LogP contribution in [-0.2, 0) is 0 Å². The number of nitrogens with one attached hydrogen (secondary N) is 1. The monoisotopic (exact) mass is 252 g/mol. The Morgan fingerprint density at radius 3 is 2.05 bits per heavy atom. The second-order valence-corrected chi connectivity index (χ2v) is 4.95. The highest BCUT2D eigenvalue weighted by Crippen LogP contribution is 2.20. The van der Waals surface area contributed by atoms with Crippen LogP contribution in [-0.4, -0.2) is 5.71 Å². The zero-order valence-corrected chi connectivity index (χ0v) is 11.7. The molecule has 2 aromatic rings. The van der Waals surface area contributed by atoms with Crippen molar-refractivity contribution in [1.29, 1.82) is 0 Å². The van der Waals surface area contributed by atoms with E-state index in [2.05, 4.69) is 55.3 Å². The maximum atomic E-state index is 4.60. The van der Waals surface area contributed by atoms with Gasteiger partial charge in [0.1, 0.15) is 0 Å². The largest absolute Gasteiger partial charge is 0.356 e. The maximum absolute atomic E-state index is 4.60. The van der Waals surface area contributed by atoms with Crippen molar-refractivity contribution in [2.75, 3.05) is 5.32 Å². The lowest BCUT2D eigenvalue weighted by Crippen LogP contribution is -2.00. The first-order valence-electron chi connectivity index (χ1n) is 6.62. The summed E-state index contributed by atoms with van der Waals surface area (Å²) < 4.78 is 0. The molecular weight excluding hydrogens is 232 g/mol. The summed E-state index contributed by atoms with van der Waals surface area (Å²) in [6.07, 6.45) is 0. The molecule has 2 nitrogen and oxygen atoms in total. The van der Waals surface area contributed by atoms with Crippen molar-refractivity contribution in [3.8, 4) is 0 Å². The van der Waals surface area contributed by atoms with Crippen LogP contribution in [0.15, 0.2) is 59.6 Å². The third kappa shape index (κ3) is 3.95. The normalized spacial score (nSPS) is 11.7. The van der Waals surface area contributed by atoms with Crippen LogP contribution in [0.5, 0.6) is 0 Å². The summed E-state index contributed by atoms with van der Waals surface area (Å²) in [6.45, 7) is 6.38. The van der Waals surface area contributed by atoms with Gasteiger partial charge in [0.05, 0.1) is 5.69 Å². The zero-order valence-electron chi connectivity index (χ0n) is 11.7. The fourth-order valence-corrected chi connectivity index (χ4v) is 1.64. The summed E-state index contributed by atoms with van der Waals surface area (Å²) in [7, 11) is 0. The van der Waals surface area contributed by atoms with E-state index >= 15 is 0 Å². The van der Waals surface area contributed by atoms with Crippen LogP contribution >= 0.6 is 0 Å². The molecule has 98 valence electrons. The summed E-state index contributed by atoms with van der Waals surface area (Å²) in [6, 6.07) is 18.3. The lowest BCUT2D eigenvalue weighted by atomic mass is 10.1. The van der Waals surface area contributed by atoms with Gasteiger partial charge in [0, 0.05) is 17.1 Å². The molecule has 0 unspecified atom stereocenters. The Kier molecular flexibility index (Phi) is 4.35. The van der Waals surface area contributed by atoms with Crippen molar-refractivity contribution in [3.63, 3.8) is 0 Å². The van der Waals surface area contributed by atoms with Gasteiger partial charge < -0.3 is 5.32 Å². The van der Waals surface area contributed by atoms with E-state index in [0.717, 1.165) is 22.8 Å². The lowest BCUT2D eigenvalue weighted by Gasteiger charge is -2.07. The quantitative estimate of drug-likeness (QED) is 0.745. The first-order valence-corrected chi connectivity index (χ1v) is 6.62. The van der Waals surface area contributed by atoms with Crippen LogP contribution in [0.3, 0.4) is 0 Å². The SMILES string of the molecule is CC(=Nc1ccc(Nc2ccccc2)cc1)C(C)C. The van der Waals surface area contributed by atoms with Crippen LogP contribution in [0.1, 0.15) is 20.8 Å². The minimum absolute atomic E-state index is 0.488. The van der Waals surface area contributed by atoms with Crippen molar-refractivity contribution in [3.05, 3.63) is 54.6 Å².